The van der Waals surface area contributed by atoms with Crippen LogP contribution in [0, 0.1) is 5.92 Å². The van der Waals surface area contributed by atoms with E-state index >= 15 is 0 Å². The minimum atomic E-state index is -0.235. The molecule has 0 radical (unpaired) electrons. The maximum absolute atomic E-state index is 10.8. The molecule has 0 fully saturated rings. The first-order valence-corrected chi connectivity index (χ1v) is 5.56. The summed E-state index contributed by atoms with van der Waals surface area (Å²) in [5.74, 6) is 0.749. The Morgan fingerprint density at radius 1 is 1.64 bits per heavy atom. The fourth-order valence-corrected chi connectivity index (χ4v) is 1.75. The number of carbonyl (C=O) groups is 1. The zero-order valence-electron chi connectivity index (χ0n) is 9.58. The standard InChI is InChI=1S/C8H20B2N2OS/c1-3-6(4-5-12(2)10)7(9)11-8(13)14/h6-7H,3-5,9-10H2,1-2H3,(H2,11,13,14). The summed E-state index contributed by atoms with van der Waals surface area (Å²) in [7, 11) is 6.17. The van der Waals surface area contributed by atoms with Crippen molar-refractivity contribution in [1.82, 2.24) is 10.1 Å². The first-order chi connectivity index (χ1) is 6.47. The Morgan fingerprint density at radius 2 is 2.21 bits per heavy atom. The molecule has 0 aromatic rings. The van der Waals surface area contributed by atoms with E-state index in [0.29, 0.717) is 5.92 Å². The van der Waals surface area contributed by atoms with Crippen molar-refractivity contribution in [3.8, 4) is 0 Å². The highest BCUT2D eigenvalue weighted by Gasteiger charge is 2.16. The molecule has 0 aromatic heterocycles. The van der Waals surface area contributed by atoms with E-state index in [2.05, 4.69) is 44.7 Å². The number of carbonyl (C=O) groups excluding carboxylic acids is 1. The van der Waals surface area contributed by atoms with Gasteiger partial charge in [0.05, 0.1) is 0 Å². The summed E-state index contributed by atoms with van der Waals surface area (Å²) in [6.07, 6.45) is 2.20. The summed E-state index contributed by atoms with van der Waals surface area (Å²) in [5, 5.41) is 2.59. The van der Waals surface area contributed by atoms with Crippen LogP contribution < -0.4 is 5.32 Å². The fraction of sp³-hybridized carbons (Fsp3) is 0.875. The molecule has 2 unspecified atom stereocenters. The molecule has 1 amide bonds. The van der Waals surface area contributed by atoms with Gasteiger partial charge in [-0.25, -0.2) is 0 Å². The molecular weight excluding hydrogens is 194 g/mol. The lowest BCUT2D eigenvalue weighted by Crippen LogP contribution is -2.39. The minimum Gasteiger partial charge on any atom is -0.352 e. The average molecular weight is 214 g/mol. The Hall–Kier alpha value is -0.0901. The van der Waals surface area contributed by atoms with Crippen LogP contribution in [0.3, 0.4) is 0 Å². The lowest BCUT2D eigenvalue weighted by Gasteiger charge is -2.24. The zero-order valence-corrected chi connectivity index (χ0v) is 10.5. The predicted molar refractivity (Wildman–Crippen MR) is 69.4 cm³/mol. The Balaban J connectivity index is 3.92. The summed E-state index contributed by atoms with van der Waals surface area (Å²) in [6.45, 7) is 3.22. The van der Waals surface area contributed by atoms with E-state index in [-0.39, 0.29) is 11.2 Å². The van der Waals surface area contributed by atoms with Crippen molar-refractivity contribution in [2.75, 3.05) is 13.6 Å². The number of thiol groups is 1. The lowest BCUT2D eigenvalue weighted by atomic mass is 9.80. The molecule has 0 aliphatic heterocycles. The van der Waals surface area contributed by atoms with E-state index < -0.39 is 0 Å². The second-order valence-corrected chi connectivity index (χ2v) is 4.40. The Labute approximate surface area is 94.2 Å². The van der Waals surface area contributed by atoms with Crippen molar-refractivity contribution in [2.45, 2.75) is 25.7 Å². The summed E-state index contributed by atoms with van der Waals surface area (Å²) < 4.78 is 0. The van der Waals surface area contributed by atoms with Crippen LogP contribution in [0.15, 0.2) is 0 Å². The molecule has 1 N–H and O–H groups in total. The SMILES string of the molecule is BC(NC(=O)S)C(CC)CCN(B)C. The minimum absolute atomic E-state index is 0.213. The van der Waals surface area contributed by atoms with Crippen molar-refractivity contribution in [1.29, 1.82) is 0 Å². The van der Waals surface area contributed by atoms with Gasteiger partial charge in [0.25, 0.3) is 5.24 Å². The Bertz CT molecular complexity index is 181. The van der Waals surface area contributed by atoms with Gasteiger partial charge in [0.15, 0.2) is 7.98 Å². The number of amides is 1. The highest BCUT2D eigenvalue weighted by molar-refractivity contribution is 7.96. The van der Waals surface area contributed by atoms with E-state index in [9.17, 15) is 4.79 Å². The monoisotopic (exact) mass is 214 g/mol. The van der Waals surface area contributed by atoms with Gasteiger partial charge in [-0.15, -0.1) is 0 Å². The normalized spacial score (nSPS) is 15.1. The molecule has 0 spiro atoms. The van der Waals surface area contributed by atoms with Crippen LogP contribution in [-0.4, -0.2) is 45.4 Å². The van der Waals surface area contributed by atoms with E-state index in [0.717, 1.165) is 19.4 Å². The number of nitrogens with zero attached hydrogens (tertiary/aromatic N) is 1. The average Bonchev–Trinajstić information content (AvgIpc) is 2.03. The molecule has 0 heterocycles. The van der Waals surface area contributed by atoms with E-state index in [1.54, 1.807) is 0 Å². The highest BCUT2D eigenvalue weighted by atomic mass is 32.1. The number of hydrogen-bond acceptors (Lipinski definition) is 2. The van der Waals surface area contributed by atoms with Gasteiger partial charge in [-0.3, -0.25) is 4.79 Å². The topological polar surface area (TPSA) is 32.3 Å². The van der Waals surface area contributed by atoms with Crippen LogP contribution >= 0.6 is 12.6 Å². The van der Waals surface area contributed by atoms with Gasteiger partial charge >= 0.3 is 0 Å². The molecule has 2 atom stereocenters. The molecule has 0 bridgehead atoms. The molecule has 0 aromatic carbocycles. The molecule has 0 saturated carbocycles. The highest BCUT2D eigenvalue weighted by Crippen LogP contribution is 2.12. The summed E-state index contributed by atoms with van der Waals surface area (Å²) in [4.78, 5) is 12.9. The van der Waals surface area contributed by atoms with Crippen LogP contribution in [0.1, 0.15) is 19.8 Å². The third kappa shape index (κ3) is 6.38. The van der Waals surface area contributed by atoms with E-state index in [1.165, 1.54) is 0 Å². The van der Waals surface area contributed by atoms with Crippen LogP contribution in [0.25, 0.3) is 0 Å². The van der Waals surface area contributed by atoms with E-state index in [1.807, 2.05) is 7.85 Å². The van der Waals surface area contributed by atoms with Gasteiger partial charge in [-0.05, 0) is 25.9 Å². The molecule has 6 heteroatoms. The van der Waals surface area contributed by atoms with Gasteiger partial charge < -0.3 is 10.1 Å². The van der Waals surface area contributed by atoms with Crippen LogP contribution in [-0.2, 0) is 0 Å². The predicted octanol–water partition coefficient (Wildman–Crippen LogP) is -0.519. The molecule has 80 valence electrons. The van der Waals surface area contributed by atoms with Crippen molar-refractivity contribution in [3.63, 3.8) is 0 Å². The van der Waals surface area contributed by atoms with Crippen molar-refractivity contribution in [2.24, 2.45) is 5.92 Å². The van der Waals surface area contributed by atoms with E-state index in [4.69, 9.17) is 0 Å². The quantitative estimate of drug-likeness (QED) is 0.460. The molecule has 14 heavy (non-hydrogen) atoms. The van der Waals surface area contributed by atoms with Crippen LogP contribution in [0.4, 0.5) is 4.79 Å². The molecule has 0 aliphatic carbocycles. The fourth-order valence-electron chi connectivity index (χ4n) is 1.54. The summed E-state index contributed by atoms with van der Waals surface area (Å²) in [6, 6.07) is 0. The molecule has 0 saturated heterocycles. The third-order valence-electron chi connectivity index (χ3n) is 2.53. The lowest BCUT2D eigenvalue weighted by molar-refractivity contribution is 0.256. The maximum Gasteiger partial charge on any atom is 0.275 e. The largest absolute Gasteiger partial charge is 0.352 e. The third-order valence-corrected chi connectivity index (χ3v) is 2.66. The molecule has 3 nitrogen and oxygen atoms in total. The van der Waals surface area contributed by atoms with Gasteiger partial charge in [0, 0.05) is 5.94 Å². The van der Waals surface area contributed by atoms with Crippen LogP contribution in [0.5, 0.6) is 0 Å². The van der Waals surface area contributed by atoms with Gasteiger partial charge in [-0.1, -0.05) is 26.0 Å². The molecule has 0 rings (SSSR count). The second kappa shape index (κ2) is 7.23. The number of hydrogen-bond donors (Lipinski definition) is 2. The Morgan fingerprint density at radius 3 is 2.57 bits per heavy atom. The van der Waals surface area contributed by atoms with Crippen LogP contribution in [0.2, 0.25) is 0 Å². The van der Waals surface area contributed by atoms with Crippen molar-refractivity contribution in [3.05, 3.63) is 0 Å². The van der Waals surface area contributed by atoms with Crippen molar-refractivity contribution < 1.29 is 4.79 Å². The summed E-state index contributed by atoms with van der Waals surface area (Å²) >= 11 is 3.72. The van der Waals surface area contributed by atoms with Gasteiger partial charge in [-0.2, -0.15) is 0 Å². The first-order valence-electron chi connectivity index (χ1n) is 5.11. The number of rotatable bonds is 6. The first kappa shape index (κ1) is 13.9. The smallest absolute Gasteiger partial charge is 0.275 e. The zero-order chi connectivity index (χ0) is 11.1. The molecular formula is C8H20B2N2OS. The maximum atomic E-state index is 10.8. The Kier molecular flexibility index (Phi) is 7.19. The van der Waals surface area contributed by atoms with Gasteiger partial charge in [0.2, 0.25) is 0 Å². The number of nitrogens with one attached hydrogen (secondary N) is 1. The van der Waals surface area contributed by atoms with Crippen molar-refractivity contribution >= 4 is 33.7 Å². The summed E-state index contributed by atoms with van der Waals surface area (Å²) in [5.41, 5.74) is 0. The second-order valence-electron chi connectivity index (χ2n) is 4.00. The molecule has 0 aliphatic rings. The van der Waals surface area contributed by atoms with Gasteiger partial charge in [0.1, 0.15) is 7.85 Å².